The molecule has 0 aliphatic carbocycles. The maximum absolute atomic E-state index is 12.6. The number of rotatable bonds is 7. The van der Waals surface area contributed by atoms with Crippen molar-refractivity contribution >= 4 is 28.9 Å². The molecule has 2 amide bonds. The molecule has 0 aromatic heterocycles. The molecule has 0 spiro atoms. The van der Waals surface area contributed by atoms with E-state index < -0.39 is 0 Å². The number of amides is 2. The molecule has 2 aromatic carbocycles. The first-order valence-corrected chi connectivity index (χ1v) is 11.3. The summed E-state index contributed by atoms with van der Waals surface area (Å²) in [5, 5.41) is 2.97. The monoisotopic (exact) mass is 420 g/mol. The lowest BCUT2D eigenvalue weighted by molar-refractivity contribution is -0.117. The summed E-state index contributed by atoms with van der Waals surface area (Å²) in [4.78, 5) is 30.8. The number of likely N-dealkylation sites (N-methyl/N-ethyl adjacent to an activating group) is 1. The predicted octanol–water partition coefficient (Wildman–Crippen LogP) is 3.87. The van der Waals surface area contributed by atoms with E-state index in [0.29, 0.717) is 13.0 Å². The predicted molar refractivity (Wildman–Crippen MR) is 125 cm³/mol. The van der Waals surface area contributed by atoms with Crippen molar-refractivity contribution < 1.29 is 9.59 Å². The number of anilines is 3. The minimum Gasteiger partial charge on any atom is -0.371 e. The maximum Gasteiger partial charge on any atom is 0.238 e. The lowest BCUT2D eigenvalue weighted by atomic mass is 10.1. The van der Waals surface area contributed by atoms with Crippen molar-refractivity contribution in [3.05, 3.63) is 54.1 Å². The first-order valence-electron chi connectivity index (χ1n) is 11.3. The van der Waals surface area contributed by atoms with Crippen molar-refractivity contribution in [3.8, 4) is 0 Å². The van der Waals surface area contributed by atoms with Gasteiger partial charge in [-0.2, -0.15) is 0 Å². The van der Waals surface area contributed by atoms with Gasteiger partial charge in [-0.3, -0.25) is 14.5 Å². The molecule has 0 atom stereocenters. The van der Waals surface area contributed by atoms with Gasteiger partial charge >= 0.3 is 0 Å². The summed E-state index contributed by atoms with van der Waals surface area (Å²) >= 11 is 0. The smallest absolute Gasteiger partial charge is 0.238 e. The van der Waals surface area contributed by atoms with E-state index in [0.717, 1.165) is 44.0 Å². The topological polar surface area (TPSA) is 55.9 Å². The van der Waals surface area contributed by atoms with Gasteiger partial charge < -0.3 is 15.1 Å². The molecule has 6 heteroatoms. The van der Waals surface area contributed by atoms with E-state index in [-0.39, 0.29) is 11.8 Å². The Bertz CT molecular complexity index is 906. The quantitative estimate of drug-likeness (QED) is 0.739. The molecule has 2 aromatic rings. The summed E-state index contributed by atoms with van der Waals surface area (Å²) in [7, 11) is 1.98. The van der Waals surface area contributed by atoms with Crippen molar-refractivity contribution in [1.29, 1.82) is 0 Å². The average Bonchev–Trinajstić information content (AvgIpc) is 3.21. The van der Waals surface area contributed by atoms with Crippen LogP contribution in [0, 0.1) is 0 Å². The molecule has 4 rings (SSSR count). The summed E-state index contributed by atoms with van der Waals surface area (Å²) in [5.41, 5.74) is 4.20. The van der Waals surface area contributed by atoms with Gasteiger partial charge in [-0.05, 0) is 68.6 Å². The van der Waals surface area contributed by atoms with Crippen molar-refractivity contribution in [1.82, 2.24) is 4.90 Å². The van der Waals surface area contributed by atoms with Crippen LogP contribution in [0.15, 0.2) is 48.5 Å². The average molecular weight is 421 g/mol. The van der Waals surface area contributed by atoms with E-state index in [1.807, 2.05) is 31.3 Å². The van der Waals surface area contributed by atoms with Crippen LogP contribution in [0.1, 0.15) is 37.7 Å². The zero-order valence-corrected chi connectivity index (χ0v) is 18.3. The minimum absolute atomic E-state index is 0.0389. The van der Waals surface area contributed by atoms with Gasteiger partial charge in [0.2, 0.25) is 11.8 Å². The fourth-order valence-corrected chi connectivity index (χ4v) is 4.53. The van der Waals surface area contributed by atoms with Crippen LogP contribution >= 0.6 is 0 Å². The standard InChI is InChI=1S/C25H32N4O2/c1-27(18-20-8-3-4-9-23(20)28-15-5-2-6-16-28)19-24(30)26-21-11-13-22(14-12-21)29-17-7-10-25(29)31/h3-4,8-9,11-14H,2,5-7,10,15-19H2,1H3,(H,26,30). The second-order valence-corrected chi connectivity index (χ2v) is 8.59. The molecule has 0 unspecified atom stereocenters. The zero-order valence-electron chi connectivity index (χ0n) is 18.3. The van der Waals surface area contributed by atoms with Gasteiger partial charge in [-0.25, -0.2) is 0 Å². The van der Waals surface area contributed by atoms with Crippen LogP contribution in [0.5, 0.6) is 0 Å². The molecule has 2 saturated heterocycles. The number of para-hydroxylation sites is 1. The fourth-order valence-electron chi connectivity index (χ4n) is 4.53. The van der Waals surface area contributed by atoms with E-state index in [4.69, 9.17) is 0 Å². The van der Waals surface area contributed by atoms with Gasteiger partial charge in [-0.1, -0.05) is 18.2 Å². The number of carbonyl (C=O) groups is 2. The lowest BCUT2D eigenvalue weighted by Crippen LogP contribution is -2.33. The second kappa shape index (κ2) is 9.96. The maximum atomic E-state index is 12.6. The summed E-state index contributed by atoms with van der Waals surface area (Å²) in [6, 6.07) is 16.1. The highest BCUT2D eigenvalue weighted by Gasteiger charge is 2.21. The molecule has 1 N–H and O–H groups in total. The number of benzene rings is 2. The molecule has 6 nitrogen and oxygen atoms in total. The largest absolute Gasteiger partial charge is 0.371 e. The van der Waals surface area contributed by atoms with Crippen LogP contribution in [-0.2, 0) is 16.1 Å². The Balaban J connectivity index is 1.31. The number of nitrogens with one attached hydrogen (secondary N) is 1. The molecule has 0 bridgehead atoms. The van der Waals surface area contributed by atoms with E-state index >= 15 is 0 Å². The van der Waals surface area contributed by atoms with Gasteiger partial charge in [0.1, 0.15) is 0 Å². The van der Waals surface area contributed by atoms with E-state index in [2.05, 4.69) is 39.4 Å². The van der Waals surface area contributed by atoms with Crippen molar-refractivity contribution in [2.24, 2.45) is 0 Å². The minimum atomic E-state index is -0.0389. The molecular formula is C25H32N4O2. The van der Waals surface area contributed by atoms with Crippen LogP contribution in [0.4, 0.5) is 17.1 Å². The fraction of sp³-hybridized carbons (Fsp3) is 0.440. The first-order chi connectivity index (χ1) is 15.1. The Morgan fingerprint density at radius 2 is 1.71 bits per heavy atom. The number of nitrogens with zero attached hydrogens (tertiary/aromatic N) is 3. The lowest BCUT2D eigenvalue weighted by Gasteiger charge is -2.31. The molecule has 164 valence electrons. The molecule has 2 aliphatic heterocycles. The van der Waals surface area contributed by atoms with Gasteiger partial charge in [0.05, 0.1) is 6.54 Å². The van der Waals surface area contributed by atoms with Crippen molar-refractivity contribution in [2.75, 3.05) is 48.3 Å². The third kappa shape index (κ3) is 5.44. The number of carbonyl (C=O) groups excluding carboxylic acids is 2. The Morgan fingerprint density at radius 3 is 2.42 bits per heavy atom. The van der Waals surface area contributed by atoms with Crippen LogP contribution in [0.25, 0.3) is 0 Å². The highest BCUT2D eigenvalue weighted by molar-refractivity contribution is 5.96. The first kappa shape index (κ1) is 21.4. The summed E-state index contributed by atoms with van der Waals surface area (Å²) in [5.74, 6) is 0.131. The molecule has 2 heterocycles. The summed E-state index contributed by atoms with van der Waals surface area (Å²) in [6.07, 6.45) is 5.33. The third-order valence-corrected chi connectivity index (χ3v) is 6.08. The molecule has 0 saturated carbocycles. The van der Waals surface area contributed by atoms with E-state index in [1.165, 1.54) is 30.5 Å². The van der Waals surface area contributed by atoms with Gasteiger partial charge in [0.15, 0.2) is 0 Å². The summed E-state index contributed by atoms with van der Waals surface area (Å²) in [6.45, 7) is 4.05. The van der Waals surface area contributed by atoms with E-state index in [9.17, 15) is 9.59 Å². The van der Waals surface area contributed by atoms with Crippen LogP contribution < -0.4 is 15.1 Å². The Hall–Kier alpha value is -2.86. The van der Waals surface area contributed by atoms with Gasteiger partial charge in [0, 0.05) is 49.7 Å². The molecule has 0 radical (unpaired) electrons. The number of hydrogen-bond acceptors (Lipinski definition) is 4. The molecule has 31 heavy (non-hydrogen) atoms. The van der Waals surface area contributed by atoms with Crippen molar-refractivity contribution in [3.63, 3.8) is 0 Å². The zero-order chi connectivity index (χ0) is 21.6. The van der Waals surface area contributed by atoms with Crippen LogP contribution in [0.2, 0.25) is 0 Å². The molecule has 2 aliphatic rings. The highest BCUT2D eigenvalue weighted by atomic mass is 16.2. The van der Waals surface area contributed by atoms with Gasteiger partial charge in [0.25, 0.3) is 0 Å². The van der Waals surface area contributed by atoms with Crippen molar-refractivity contribution in [2.45, 2.75) is 38.6 Å². The number of hydrogen-bond donors (Lipinski definition) is 1. The van der Waals surface area contributed by atoms with Gasteiger partial charge in [-0.15, -0.1) is 0 Å². The Labute approximate surface area is 184 Å². The highest BCUT2D eigenvalue weighted by Crippen LogP contribution is 2.25. The molecule has 2 fully saturated rings. The third-order valence-electron chi connectivity index (χ3n) is 6.08. The van der Waals surface area contributed by atoms with Crippen LogP contribution in [0.3, 0.4) is 0 Å². The molecular weight excluding hydrogens is 388 g/mol. The normalized spacial score (nSPS) is 16.8. The Morgan fingerprint density at radius 1 is 0.968 bits per heavy atom. The summed E-state index contributed by atoms with van der Waals surface area (Å²) < 4.78 is 0. The van der Waals surface area contributed by atoms with E-state index in [1.54, 1.807) is 4.90 Å². The Kier molecular flexibility index (Phi) is 6.87. The SMILES string of the molecule is CN(CC(=O)Nc1ccc(N2CCCC2=O)cc1)Cc1ccccc1N1CCCCC1. The second-order valence-electron chi connectivity index (χ2n) is 8.59. The number of piperidine rings is 1. The van der Waals surface area contributed by atoms with Crippen LogP contribution in [-0.4, -0.2) is 49.9 Å².